The first-order valence-corrected chi connectivity index (χ1v) is 10.0. The fourth-order valence-corrected chi connectivity index (χ4v) is 5.48. The fraction of sp³-hybridized carbons (Fsp3) is 0.529. The molecule has 1 aliphatic carbocycles. The van der Waals surface area contributed by atoms with Crippen LogP contribution in [0.25, 0.3) is 0 Å². The molecule has 3 aliphatic rings. The lowest BCUT2D eigenvalue weighted by molar-refractivity contribution is -0.124. The van der Waals surface area contributed by atoms with Crippen LogP contribution in [0.5, 0.6) is 0 Å². The molecule has 1 amide bonds. The summed E-state index contributed by atoms with van der Waals surface area (Å²) in [4.78, 5) is 17.5. The van der Waals surface area contributed by atoms with Gasteiger partial charge in [0.15, 0.2) is 0 Å². The standard InChI is InChI=1S/C17H21N3O3S/c1-2-24(22,23)20-10-13-8-9-17(14(13)11-20)16(21)18-15(19-17)12-6-4-3-5-7-12/h3-7,13-14H,2,8-11H2,1H3,(H,18,19,21)/t13-,14+,17-/m1/s1. The SMILES string of the molecule is CCS(=O)(=O)N1C[C@H]2CC[C@@]3(N=C(c4ccccc4)NC3=O)[C@H]2C1. The molecule has 1 spiro atoms. The maximum atomic E-state index is 12.8. The molecule has 2 aliphatic heterocycles. The van der Waals surface area contributed by atoms with Crippen LogP contribution in [0.4, 0.5) is 0 Å². The Labute approximate surface area is 142 Å². The van der Waals surface area contributed by atoms with Crippen molar-refractivity contribution in [3.05, 3.63) is 35.9 Å². The quantitative estimate of drug-likeness (QED) is 0.886. The van der Waals surface area contributed by atoms with E-state index in [1.54, 1.807) is 11.2 Å². The molecule has 4 rings (SSSR count). The third kappa shape index (κ3) is 2.22. The zero-order valence-corrected chi connectivity index (χ0v) is 14.4. The van der Waals surface area contributed by atoms with Crippen molar-refractivity contribution in [2.24, 2.45) is 16.8 Å². The Morgan fingerprint density at radius 2 is 2.04 bits per heavy atom. The van der Waals surface area contributed by atoms with Crippen LogP contribution in [0.3, 0.4) is 0 Å². The van der Waals surface area contributed by atoms with Crippen molar-refractivity contribution < 1.29 is 13.2 Å². The lowest BCUT2D eigenvalue weighted by atomic mass is 9.85. The van der Waals surface area contributed by atoms with Crippen LogP contribution in [0.1, 0.15) is 25.3 Å². The van der Waals surface area contributed by atoms with Gasteiger partial charge in [0.1, 0.15) is 11.4 Å². The molecule has 1 aromatic carbocycles. The smallest absolute Gasteiger partial charge is 0.253 e. The third-order valence-electron chi connectivity index (χ3n) is 5.66. The van der Waals surface area contributed by atoms with Gasteiger partial charge in [0.2, 0.25) is 10.0 Å². The van der Waals surface area contributed by atoms with Gasteiger partial charge >= 0.3 is 0 Å². The van der Waals surface area contributed by atoms with Gasteiger partial charge in [0, 0.05) is 24.6 Å². The molecule has 0 aromatic heterocycles. The molecule has 1 aromatic rings. The van der Waals surface area contributed by atoms with Gasteiger partial charge in [-0.1, -0.05) is 30.3 Å². The summed E-state index contributed by atoms with van der Waals surface area (Å²) in [6.07, 6.45) is 1.55. The van der Waals surface area contributed by atoms with Gasteiger partial charge in [-0.05, 0) is 25.7 Å². The number of benzene rings is 1. The largest absolute Gasteiger partial charge is 0.308 e. The van der Waals surface area contributed by atoms with Crippen LogP contribution in [-0.2, 0) is 14.8 Å². The molecular formula is C17H21N3O3S. The fourth-order valence-electron chi connectivity index (χ4n) is 4.31. The predicted molar refractivity (Wildman–Crippen MR) is 91.1 cm³/mol. The number of hydrogen-bond donors (Lipinski definition) is 1. The molecule has 1 N–H and O–H groups in total. The van der Waals surface area contributed by atoms with Gasteiger partial charge in [-0.15, -0.1) is 0 Å². The summed E-state index contributed by atoms with van der Waals surface area (Å²) < 4.78 is 25.9. The Balaban J connectivity index is 1.67. The van der Waals surface area contributed by atoms with Gasteiger partial charge < -0.3 is 5.32 Å². The van der Waals surface area contributed by atoms with Crippen LogP contribution in [-0.4, -0.2) is 48.8 Å². The summed E-state index contributed by atoms with van der Waals surface area (Å²) in [7, 11) is -3.22. The molecule has 0 radical (unpaired) electrons. The predicted octanol–water partition coefficient (Wildman–Crippen LogP) is 0.993. The summed E-state index contributed by atoms with van der Waals surface area (Å²) >= 11 is 0. The van der Waals surface area contributed by atoms with E-state index < -0.39 is 15.6 Å². The maximum absolute atomic E-state index is 12.8. The number of fused-ring (bicyclic) bond motifs is 2. The van der Waals surface area contributed by atoms with E-state index in [4.69, 9.17) is 4.99 Å². The second-order valence-electron chi connectivity index (χ2n) is 6.83. The number of hydrogen-bond acceptors (Lipinski definition) is 4. The van der Waals surface area contributed by atoms with Crippen LogP contribution in [0.2, 0.25) is 0 Å². The Morgan fingerprint density at radius 1 is 1.29 bits per heavy atom. The summed E-state index contributed by atoms with van der Waals surface area (Å²) in [5.74, 6) is 0.822. The molecule has 24 heavy (non-hydrogen) atoms. The molecule has 0 unspecified atom stereocenters. The minimum Gasteiger partial charge on any atom is -0.308 e. The van der Waals surface area contributed by atoms with E-state index in [9.17, 15) is 13.2 Å². The van der Waals surface area contributed by atoms with Gasteiger partial charge in [0.05, 0.1) is 5.75 Å². The second kappa shape index (κ2) is 5.39. The summed E-state index contributed by atoms with van der Waals surface area (Å²) in [5, 5.41) is 2.93. The molecule has 2 heterocycles. The number of nitrogens with one attached hydrogen (secondary N) is 1. The average Bonchev–Trinajstić information content (AvgIpc) is 3.25. The first kappa shape index (κ1) is 15.8. The first-order valence-electron chi connectivity index (χ1n) is 8.41. The Hall–Kier alpha value is -1.73. The highest BCUT2D eigenvalue weighted by atomic mass is 32.2. The Kier molecular flexibility index (Phi) is 3.54. The Morgan fingerprint density at radius 3 is 2.75 bits per heavy atom. The molecule has 128 valence electrons. The van der Waals surface area contributed by atoms with Crippen molar-refractivity contribution in [2.45, 2.75) is 25.3 Å². The average molecular weight is 347 g/mol. The zero-order valence-electron chi connectivity index (χ0n) is 13.6. The molecular weight excluding hydrogens is 326 g/mol. The minimum atomic E-state index is -3.22. The van der Waals surface area contributed by atoms with Crippen LogP contribution in [0.15, 0.2) is 35.3 Å². The van der Waals surface area contributed by atoms with E-state index in [0.717, 1.165) is 12.0 Å². The van der Waals surface area contributed by atoms with Gasteiger partial charge in [0.25, 0.3) is 5.91 Å². The van der Waals surface area contributed by atoms with Crippen molar-refractivity contribution >= 4 is 21.8 Å². The molecule has 6 nitrogen and oxygen atoms in total. The van der Waals surface area contributed by atoms with E-state index in [1.165, 1.54) is 0 Å². The van der Waals surface area contributed by atoms with Gasteiger partial charge in [-0.25, -0.2) is 12.7 Å². The van der Waals surface area contributed by atoms with Crippen LogP contribution < -0.4 is 5.32 Å². The van der Waals surface area contributed by atoms with Gasteiger partial charge in [-0.3, -0.25) is 9.79 Å². The Bertz CT molecular complexity index is 806. The van der Waals surface area contributed by atoms with Crippen molar-refractivity contribution in [2.75, 3.05) is 18.8 Å². The number of rotatable bonds is 3. The normalized spacial score (nSPS) is 32.9. The highest BCUT2D eigenvalue weighted by Crippen LogP contribution is 2.49. The molecule has 0 bridgehead atoms. The lowest BCUT2D eigenvalue weighted by Crippen LogP contribution is -2.45. The molecule has 3 atom stereocenters. The number of carbonyl (C=O) groups excluding carboxylic acids is 1. The first-order chi connectivity index (χ1) is 11.5. The molecule has 1 saturated heterocycles. The summed E-state index contributed by atoms with van der Waals surface area (Å²) in [6.45, 7) is 2.58. The monoisotopic (exact) mass is 347 g/mol. The van der Waals surface area contributed by atoms with E-state index in [2.05, 4.69) is 5.32 Å². The minimum absolute atomic E-state index is 0.0277. The summed E-state index contributed by atoms with van der Waals surface area (Å²) in [5.41, 5.74) is 0.0932. The number of nitrogens with zero attached hydrogens (tertiary/aromatic N) is 2. The number of sulfonamides is 1. The van der Waals surface area contributed by atoms with Gasteiger partial charge in [-0.2, -0.15) is 0 Å². The van der Waals surface area contributed by atoms with Crippen molar-refractivity contribution in [3.8, 4) is 0 Å². The van der Waals surface area contributed by atoms with Crippen molar-refractivity contribution in [1.29, 1.82) is 0 Å². The second-order valence-corrected chi connectivity index (χ2v) is 9.09. The van der Waals surface area contributed by atoms with Crippen LogP contribution >= 0.6 is 0 Å². The third-order valence-corrected chi connectivity index (χ3v) is 7.47. The lowest BCUT2D eigenvalue weighted by Gasteiger charge is -2.25. The van der Waals surface area contributed by atoms with Crippen molar-refractivity contribution in [3.63, 3.8) is 0 Å². The number of amidine groups is 1. The number of amides is 1. The van der Waals surface area contributed by atoms with Crippen molar-refractivity contribution in [1.82, 2.24) is 9.62 Å². The van der Waals surface area contributed by atoms with E-state index >= 15 is 0 Å². The number of aliphatic imine (C=N–C) groups is 1. The summed E-state index contributed by atoms with van der Waals surface area (Å²) in [6, 6.07) is 9.60. The van der Waals surface area contributed by atoms with E-state index in [-0.39, 0.29) is 23.5 Å². The highest BCUT2D eigenvalue weighted by molar-refractivity contribution is 7.89. The molecule has 1 saturated carbocycles. The van der Waals surface area contributed by atoms with E-state index in [0.29, 0.717) is 25.3 Å². The maximum Gasteiger partial charge on any atom is 0.253 e. The highest BCUT2D eigenvalue weighted by Gasteiger charge is 2.60. The number of carbonyl (C=O) groups is 1. The van der Waals surface area contributed by atoms with E-state index in [1.807, 2.05) is 30.3 Å². The zero-order chi connectivity index (χ0) is 16.9. The molecule has 2 fully saturated rings. The molecule has 7 heteroatoms. The van der Waals surface area contributed by atoms with Crippen LogP contribution in [0, 0.1) is 11.8 Å². The topological polar surface area (TPSA) is 78.8 Å².